The zero-order valence-corrected chi connectivity index (χ0v) is 15.0. The van der Waals surface area contributed by atoms with Crippen LogP contribution in [0.5, 0.6) is 5.75 Å². The number of hydrogen-bond donors (Lipinski definition) is 1. The Labute approximate surface area is 157 Å². The first-order chi connectivity index (χ1) is 13.3. The molecular formula is C20H22N4O3. The van der Waals surface area contributed by atoms with Gasteiger partial charge in [0, 0.05) is 25.9 Å². The van der Waals surface area contributed by atoms with Gasteiger partial charge in [-0.2, -0.15) is 4.98 Å². The summed E-state index contributed by atoms with van der Waals surface area (Å²) in [5, 5.41) is 13.3. The van der Waals surface area contributed by atoms with Crippen LogP contribution in [0.2, 0.25) is 0 Å². The van der Waals surface area contributed by atoms with Crippen LogP contribution in [0.1, 0.15) is 18.7 Å². The van der Waals surface area contributed by atoms with Crippen molar-refractivity contribution >= 4 is 5.82 Å². The molecule has 2 aromatic heterocycles. The maximum Gasteiger partial charge on any atom is 0.259 e. The minimum absolute atomic E-state index is 0.227. The molecule has 1 fully saturated rings. The lowest BCUT2D eigenvalue weighted by atomic mass is 9.99. The van der Waals surface area contributed by atoms with Crippen LogP contribution < -0.4 is 9.64 Å². The Kier molecular flexibility index (Phi) is 5.29. The van der Waals surface area contributed by atoms with Crippen molar-refractivity contribution in [2.75, 3.05) is 24.6 Å². The van der Waals surface area contributed by atoms with Gasteiger partial charge in [0.2, 0.25) is 5.82 Å². The van der Waals surface area contributed by atoms with Crippen LogP contribution in [0.3, 0.4) is 0 Å². The summed E-state index contributed by atoms with van der Waals surface area (Å²) in [6.07, 6.45) is 3.89. The molecule has 0 unspecified atom stereocenters. The Bertz CT molecular complexity index is 851. The molecule has 1 aromatic carbocycles. The molecule has 7 heteroatoms. The van der Waals surface area contributed by atoms with Gasteiger partial charge in [-0.1, -0.05) is 23.4 Å². The highest BCUT2D eigenvalue weighted by Crippen LogP contribution is 2.24. The highest BCUT2D eigenvalue weighted by molar-refractivity contribution is 5.54. The van der Waals surface area contributed by atoms with E-state index in [4.69, 9.17) is 9.26 Å². The SMILES string of the molecule is OC[C@H]1CCCN(c2ccc(-c3nc(COc4ccccc4)no3)cn2)C1. The van der Waals surface area contributed by atoms with Crippen LogP contribution in [0.15, 0.2) is 53.2 Å². The number of ether oxygens (including phenoxy) is 1. The number of rotatable bonds is 6. The zero-order chi connectivity index (χ0) is 18.5. The van der Waals surface area contributed by atoms with E-state index in [0.717, 1.165) is 43.1 Å². The van der Waals surface area contributed by atoms with Crippen LogP contribution in [0, 0.1) is 5.92 Å². The van der Waals surface area contributed by atoms with Crippen molar-refractivity contribution in [2.45, 2.75) is 19.4 Å². The van der Waals surface area contributed by atoms with E-state index in [1.165, 1.54) is 0 Å². The van der Waals surface area contributed by atoms with Gasteiger partial charge in [-0.05, 0) is 43.0 Å². The van der Waals surface area contributed by atoms with Gasteiger partial charge in [-0.15, -0.1) is 0 Å². The lowest BCUT2D eigenvalue weighted by Crippen LogP contribution is -2.37. The molecule has 1 saturated heterocycles. The van der Waals surface area contributed by atoms with E-state index in [2.05, 4.69) is 20.0 Å². The highest BCUT2D eigenvalue weighted by atomic mass is 16.5. The number of para-hydroxylation sites is 1. The van der Waals surface area contributed by atoms with Crippen molar-refractivity contribution in [1.82, 2.24) is 15.1 Å². The largest absolute Gasteiger partial charge is 0.485 e. The molecule has 0 spiro atoms. The molecule has 7 nitrogen and oxygen atoms in total. The first kappa shape index (κ1) is 17.5. The molecule has 0 amide bonds. The Balaban J connectivity index is 1.40. The quantitative estimate of drug-likeness (QED) is 0.718. The number of aromatic nitrogens is 3. The van der Waals surface area contributed by atoms with Crippen LogP contribution in [0.4, 0.5) is 5.82 Å². The van der Waals surface area contributed by atoms with Gasteiger partial charge in [-0.25, -0.2) is 4.98 Å². The van der Waals surface area contributed by atoms with Crippen LogP contribution in [-0.2, 0) is 6.61 Å². The summed E-state index contributed by atoms with van der Waals surface area (Å²) in [5.41, 5.74) is 0.771. The predicted molar refractivity (Wildman–Crippen MR) is 100 cm³/mol. The van der Waals surface area contributed by atoms with E-state index < -0.39 is 0 Å². The van der Waals surface area contributed by atoms with Gasteiger partial charge in [0.25, 0.3) is 5.89 Å². The van der Waals surface area contributed by atoms with Crippen LogP contribution in [0.25, 0.3) is 11.5 Å². The molecule has 27 heavy (non-hydrogen) atoms. The second-order valence-electron chi connectivity index (χ2n) is 6.66. The van der Waals surface area contributed by atoms with Gasteiger partial charge in [0.05, 0.1) is 5.56 Å². The van der Waals surface area contributed by atoms with Crippen LogP contribution >= 0.6 is 0 Å². The molecule has 0 aliphatic carbocycles. The molecule has 1 aliphatic rings. The average Bonchev–Trinajstić information content (AvgIpc) is 3.22. The molecule has 3 aromatic rings. The standard InChI is InChI=1S/C20H22N4O3/c25-13-15-5-4-10-24(12-15)19-9-8-16(11-21-19)20-22-18(23-27-20)14-26-17-6-2-1-3-7-17/h1-3,6-9,11,15,25H,4-5,10,12-14H2/t15-/m0/s1. The van der Waals surface area contributed by atoms with Crippen molar-refractivity contribution in [3.05, 3.63) is 54.5 Å². The van der Waals surface area contributed by atoms with E-state index in [-0.39, 0.29) is 13.2 Å². The van der Waals surface area contributed by atoms with Crippen molar-refractivity contribution in [2.24, 2.45) is 5.92 Å². The zero-order valence-electron chi connectivity index (χ0n) is 15.0. The second kappa shape index (κ2) is 8.18. The number of piperidine rings is 1. The third kappa shape index (κ3) is 4.25. The number of pyridine rings is 1. The number of hydrogen-bond acceptors (Lipinski definition) is 7. The first-order valence-electron chi connectivity index (χ1n) is 9.14. The molecule has 4 rings (SSSR count). The summed E-state index contributed by atoms with van der Waals surface area (Å²) >= 11 is 0. The van der Waals surface area contributed by atoms with Gasteiger partial charge < -0.3 is 19.3 Å². The van der Waals surface area contributed by atoms with E-state index in [1.807, 2.05) is 42.5 Å². The summed E-state index contributed by atoms with van der Waals surface area (Å²) in [7, 11) is 0. The van der Waals surface area contributed by atoms with Gasteiger partial charge >= 0.3 is 0 Å². The van der Waals surface area contributed by atoms with Crippen molar-refractivity contribution in [3.63, 3.8) is 0 Å². The van der Waals surface area contributed by atoms with E-state index >= 15 is 0 Å². The lowest BCUT2D eigenvalue weighted by Gasteiger charge is -2.32. The van der Waals surface area contributed by atoms with Crippen LogP contribution in [-0.4, -0.2) is 39.9 Å². The monoisotopic (exact) mass is 366 g/mol. The Morgan fingerprint density at radius 1 is 1.19 bits per heavy atom. The summed E-state index contributed by atoms with van der Waals surface area (Å²) in [6, 6.07) is 13.4. The Morgan fingerprint density at radius 3 is 2.85 bits per heavy atom. The summed E-state index contributed by atoms with van der Waals surface area (Å²) in [4.78, 5) is 11.1. The minimum Gasteiger partial charge on any atom is -0.485 e. The van der Waals surface area contributed by atoms with Gasteiger partial charge in [0.1, 0.15) is 11.6 Å². The molecule has 3 heterocycles. The molecular weight excluding hydrogens is 344 g/mol. The fourth-order valence-electron chi connectivity index (χ4n) is 3.22. The van der Waals surface area contributed by atoms with E-state index in [1.54, 1.807) is 6.20 Å². The number of benzene rings is 1. The fourth-order valence-corrected chi connectivity index (χ4v) is 3.22. The number of nitrogens with zero attached hydrogens (tertiary/aromatic N) is 4. The van der Waals surface area contributed by atoms with Crippen molar-refractivity contribution in [1.29, 1.82) is 0 Å². The highest BCUT2D eigenvalue weighted by Gasteiger charge is 2.20. The first-order valence-corrected chi connectivity index (χ1v) is 9.14. The van der Waals surface area contributed by atoms with Crippen molar-refractivity contribution < 1.29 is 14.4 Å². The molecule has 1 atom stereocenters. The normalized spacial score (nSPS) is 17.1. The van der Waals surface area contributed by atoms with Gasteiger partial charge in [-0.3, -0.25) is 0 Å². The average molecular weight is 366 g/mol. The number of aliphatic hydroxyl groups excluding tert-OH is 1. The maximum absolute atomic E-state index is 9.38. The van der Waals surface area contributed by atoms with E-state index in [0.29, 0.717) is 17.6 Å². The summed E-state index contributed by atoms with van der Waals surface area (Å²) in [5.74, 6) is 2.90. The molecule has 0 bridgehead atoms. The third-order valence-corrected chi connectivity index (χ3v) is 4.68. The number of anilines is 1. The molecule has 140 valence electrons. The second-order valence-corrected chi connectivity index (χ2v) is 6.66. The lowest BCUT2D eigenvalue weighted by molar-refractivity contribution is 0.208. The smallest absolute Gasteiger partial charge is 0.259 e. The Hall–Kier alpha value is -2.93. The summed E-state index contributed by atoms with van der Waals surface area (Å²) in [6.45, 7) is 2.27. The maximum atomic E-state index is 9.38. The molecule has 0 saturated carbocycles. The minimum atomic E-state index is 0.227. The summed E-state index contributed by atoms with van der Waals surface area (Å²) < 4.78 is 11.0. The van der Waals surface area contributed by atoms with E-state index in [9.17, 15) is 5.11 Å². The van der Waals surface area contributed by atoms with Crippen molar-refractivity contribution in [3.8, 4) is 17.2 Å². The molecule has 1 aliphatic heterocycles. The number of aliphatic hydroxyl groups is 1. The van der Waals surface area contributed by atoms with Gasteiger partial charge in [0.15, 0.2) is 6.61 Å². The predicted octanol–water partition coefficient (Wildman–Crippen LogP) is 2.92. The molecule has 1 N–H and O–H groups in total. The Morgan fingerprint density at radius 2 is 2.07 bits per heavy atom. The molecule has 0 radical (unpaired) electrons. The fraction of sp³-hybridized carbons (Fsp3) is 0.350. The third-order valence-electron chi connectivity index (χ3n) is 4.68. The topological polar surface area (TPSA) is 84.5 Å².